The molecule has 2 aromatic heterocycles. The summed E-state index contributed by atoms with van der Waals surface area (Å²) in [5.74, 6) is 1.61. The molecule has 2 rings (SSSR count). The third kappa shape index (κ3) is 3.89. The molecule has 0 N–H and O–H groups in total. The van der Waals surface area contributed by atoms with Crippen LogP contribution in [0.25, 0.3) is 11.2 Å². The van der Waals surface area contributed by atoms with Gasteiger partial charge in [0, 0.05) is 12.2 Å². The van der Waals surface area contributed by atoms with E-state index in [-0.39, 0.29) is 5.38 Å². The average Bonchev–Trinajstić information content (AvgIpc) is 2.76. The van der Waals surface area contributed by atoms with Gasteiger partial charge in [0.1, 0.15) is 11.3 Å². The molecule has 2 heterocycles. The lowest BCUT2D eigenvalue weighted by Crippen LogP contribution is -2.11. The van der Waals surface area contributed by atoms with E-state index in [0.717, 1.165) is 29.3 Å². The molecular formula is C16H23Cl2N3. The number of hydrogen-bond acceptors (Lipinski definition) is 2. The summed E-state index contributed by atoms with van der Waals surface area (Å²) in [7, 11) is 0. The van der Waals surface area contributed by atoms with Gasteiger partial charge in [-0.2, -0.15) is 0 Å². The van der Waals surface area contributed by atoms with Gasteiger partial charge in [0.05, 0.1) is 10.4 Å². The van der Waals surface area contributed by atoms with Gasteiger partial charge < -0.3 is 4.57 Å². The quantitative estimate of drug-likeness (QED) is 0.630. The number of pyridine rings is 1. The Kier molecular flexibility index (Phi) is 5.50. The molecule has 0 radical (unpaired) electrons. The molecule has 0 saturated heterocycles. The summed E-state index contributed by atoms with van der Waals surface area (Å²) in [5.41, 5.74) is 1.69. The molecule has 116 valence electrons. The minimum absolute atomic E-state index is 0.148. The zero-order chi connectivity index (χ0) is 15.6. The van der Waals surface area contributed by atoms with Crippen molar-refractivity contribution in [2.24, 2.45) is 5.92 Å². The van der Waals surface area contributed by atoms with Crippen LogP contribution in [-0.4, -0.2) is 14.5 Å². The number of nitrogens with zero attached hydrogens (tertiary/aromatic N) is 3. The Hall–Kier alpha value is -0.800. The Morgan fingerprint density at radius 1 is 1.19 bits per heavy atom. The molecule has 0 spiro atoms. The van der Waals surface area contributed by atoms with Crippen molar-refractivity contribution >= 4 is 34.4 Å². The minimum atomic E-state index is -0.148. The molecule has 5 heteroatoms. The van der Waals surface area contributed by atoms with Crippen LogP contribution in [0.5, 0.6) is 0 Å². The van der Waals surface area contributed by atoms with E-state index in [1.54, 1.807) is 6.20 Å². The van der Waals surface area contributed by atoms with E-state index in [9.17, 15) is 0 Å². The third-order valence-corrected chi connectivity index (χ3v) is 4.13. The molecule has 0 aliphatic rings. The van der Waals surface area contributed by atoms with Gasteiger partial charge in [0.15, 0.2) is 5.65 Å². The highest BCUT2D eigenvalue weighted by Gasteiger charge is 2.20. The molecule has 3 nitrogen and oxygen atoms in total. The summed E-state index contributed by atoms with van der Waals surface area (Å²) in [6.07, 6.45) is 5.21. The molecule has 0 bridgehead atoms. The van der Waals surface area contributed by atoms with Gasteiger partial charge in [-0.05, 0) is 32.3 Å². The lowest BCUT2D eigenvalue weighted by atomic mass is 10.0. The van der Waals surface area contributed by atoms with Gasteiger partial charge in [0.2, 0.25) is 0 Å². The molecule has 0 aliphatic carbocycles. The lowest BCUT2D eigenvalue weighted by Gasteiger charge is -2.18. The van der Waals surface area contributed by atoms with Gasteiger partial charge in [-0.3, -0.25) is 0 Å². The van der Waals surface area contributed by atoms with Gasteiger partial charge in [-0.1, -0.05) is 38.3 Å². The highest BCUT2D eigenvalue weighted by molar-refractivity contribution is 6.31. The Labute approximate surface area is 136 Å². The SMILES string of the molecule is CC(C)CCCC(C)n1c(C(C)Cl)nc2cc(Cl)cnc21. The van der Waals surface area contributed by atoms with E-state index in [1.165, 1.54) is 12.8 Å². The number of imidazole rings is 1. The number of hydrogen-bond donors (Lipinski definition) is 0. The van der Waals surface area contributed by atoms with Crippen LogP contribution in [-0.2, 0) is 0 Å². The Bertz CT molecular complexity index is 605. The summed E-state index contributed by atoms with van der Waals surface area (Å²) in [5, 5.41) is 0.457. The van der Waals surface area contributed by atoms with Crippen LogP contribution >= 0.6 is 23.2 Å². The average molecular weight is 328 g/mol. The van der Waals surface area contributed by atoms with Gasteiger partial charge in [0.25, 0.3) is 0 Å². The fourth-order valence-electron chi connectivity index (χ4n) is 2.64. The first-order valence-corrected chi connectivity index (χ1v) is 8.39. The Balaban J connectivity index is 2.33. The van der Waals surface area contributed by atoms with E-state index in [2.05, 4.69) is 35.3 Å². The van der Waals surface area contributed by atoms with Crippen LogP contribution in [0.1, 0.15) is 64.2 Å². The second kappa shape index (κ2) is 6.97. The van der Waals surface area contributed by atoms with Crippen molar-refractivity contribution in [3.05, 3.63) is 23.1 Å². The number of alkyl halides is 1. The highest BCUT2D eigenvalue weighted by atomic mass is 35.5. The lowest BCUT2D eigenvalue weighted by molar-refractivity contribution is 0.443. The van der Waals surface area contributed by atoms with Gasteiger partial charge >= 0.3 is 0 Å². The predicted octanol–water partition coefficient (Wildman–Crippen LogP) is 5.77. The third-order valence-electron chi connectivity index (χ3n) is 3.72. The summed E-state index contributed by atoms with van der Waals surface area (Å²) in [4.78, 5) is 9.08. The summed E-state index contributed by atoms with van der Waals surface area (Å²) in [6, 6.07) is 2.18. The van der Waals surface area contributed by atoms with Crippen LogP contribution in [0.15, 0.2) is 12.3 Å². The van der Waals surface area contributed by atoms with Gasteiger partial charge in [-0.25, -0.2) is 9.97 Å². The smallest absolute Gasteiger partial charge is 0.160 e. The van der Waals surface area contributed by atoms with E-state index in [0.29, 0.717) is 11.1 Å². The van der Waals surface area contributed by atoms with E-state index >= 15 is 0 Å². The zero-order valence-corrected chi connectivity index (χ0v) is 14.6. The van der Waals surface area contributed by atoms with Crippen LogP contribution in [0, 0.1) is 5.92 Å². The van der Waals surface area contributed by atoms with Crippen molar-refractivity contribution in [1.29, 1.82) is 0 Å². The van der Waals surface area contributed by atoms with E-state index in [1.807, 2.05) is 13.0 Å². The molecule has 0 aliphatic heterocycles. The van der Waals surface area contributed by atoms with Crippen LogP contribution < -0.4 is 0 Å². The maximum atomic E-state index is 6.30. The Morgan fingerprint density at radius 3 is 2.52 bits per heavy atom. The first-order chi connectivity index (χ1) is 9.90. The van der Waals surface area contributed by atoms with Crippen molar-refractivity contribution in [3.8, 4) is 0 Å². The molecular weight excluding hydrogens is 305 g/mol. The Morgan fingerprint density at radius 2 is 1.90 bits per heavy atom. The second-order valence-corrected chi connectivity index (χ2v) is 7.22. The van der Waals surface area contributed by atoms with Crippen LogP contribution in [0.4, 0.5) is 0 Å². The van der Waals surface area contributed by atoms with Crippen molar-refractivity contribution in [3.63, 3.8) is 0 Å². The molecule has 2 unspecified atom stereocenters. The standard InChI is InChI=1S/C16H23Cl2N3/c1-10(2)6-5-7-11(3)21-15(12(4)17)20-14-8-13(18)9-19-16(14)21/h8-12H,5-7H2,1-4H3. The largest absolute Gasteiger partial charge is 0.309 e. The minimum Gasteiger partial charge on any atom is -0.309 e. The maximum Gasteiger partial charge on any atom is 0.160 e. The number of fused-ring (bicyclic) bond motifs is 1. The van der Waals surface area contributed by atoms with Crippen molar-refractivity contribution < 1.29 is 0 Å². The summed E-state index contributed by atoms with van der Waals surface area (Å²) < 4.78 is 2.17. The first-order valence-electron chi connectivity index (χ1n) is 7.57. The molecule has 2 atom stereocenters. The molecule has 21 heavy (non-hydrogen) atoms. The molecule has 0 fully saturated rings. The first kappa shape index (κ1) is 16.6. The molecule has 0 saturated carbocycles. The molecule has 2 aromatic rings. The maximum absolute atomic E-state index is 6.30. The summed E-state index contributed by atoms with van der Waals surface area (Å²) >= 11 is 12.3. The van der Waals surface area contributed by atoms with Gasteiger partial charge in [-0.15, -0.1) is 11.6 Å². The second-order valence-electron chi connectivity index (χ2n) is 6.13. The molecule has 0 amide bonds. The number of halogens is 2. The topological polar surface area (TPSA) is 30.7 Å². The monoisotopic (exact) mass is 327 g/mol. The van der Waals surface area contributed by atoms with Crippen LogP contribution in [0.2, 0.25) is 5.02 Å². The van der Waals surface area contributed by atoms with Crippen molar-refractivity contribution in [2.75, 3.05) is 0 Å². The van der Waals surface area contributed by atoms with Crippen LogP contribution in [0.3, 0.4) is 0 Å². The van der Waals surface area contributed by atoms with E-state index < -0.39 is 0 Å². The normalized spacial score (nSPS) is 14.8. The zero-order valence-electron chi connectivity index (χ0n) is 13.1. The number of rotatable bonds is 6. The highest BCUT2D eigenvalue weighted by Crippen LogP contribution is 2.30. The van der Waals surface area contributed by atoms with E-state index in [4.69, 9.17) is 23.2 Å². The molecule has 0 aromatic carbocycles. The van der Waals surface area contributed by atoms with Crippen molar-refractivity contribution in [1.82, 2.24) is 14.5 Å². The predicted molar refractivity (Wildman–Crippen MR) is 90.2 cm³/mol. The number of aromatic nitrogens is 3. The summed E-state index contributed by atoms with van der Waals surface area (Å²) in [6.45, 7) is 8.67. The fraction of sp³-hybridized carbons (Fsp3) is 0.625. The fourth-order valence-corrected chi connectivity index (χ4v) is 2.95. The van der Waals surface area contributed by atoms with Crippen molar-refractivity contribution in [2.45, 2.75) is 58.4 Å².